The van der Waals surface area contributed by atoms with Gasteiger partial charge in [0.1, 0.15) is 11.2 Å². The van der Waals surface area contributed by atoms with E-state index in [0.29, 0.717) is 13.2 Å². The van der Waals surface area contributed by atoms with Crippen LogP contribution in [0.15, 0.2) is 23.4 Å². The van der Waals surface area contributed by atoms with Gasteiger partial charge in [-0.05, 0) is 37.5 Å². The monoisotopic (exact) mass is 295 g/mol. The number of halogens is 1. The summed E-state index contributed by atoms with van der Waals surface area (Å²) in [6.45, 7) is 2.39. The van der Waals surface area contributed by atoms with Crippen LogP contribution in [0.25, 0.3) is 0 Å². The molecule has 6 nitrogen and oxygen atoms in total. The summed E-state index contributed by atoms with van der Waals surface area (Å²) in [6, 6.07) is 4.51. The number of hydrogen-bond donors (Lipinski definition) is 3. The third-order valence-corrected chi connectivity index (χ3v) is 3.75. The highest BCUT2D eigenvalue weighted by Crippen LogP contribution is 2.32. The van der Waals surface area contributed by atoms with Gasteiger partial charge in [-0.2, -0.15) is 0 Å². The lowest BCUT2D eigenvalue weighted by Crippen LogP contribution is -2.50. The van der Waals surface area contributed by atoms with E-state index in [1.807, 2.05) is 0 Å². The van der Waals surface area contributed by atoms with Crippen LogP contribution in [-0.4, -0.2) is 30.2 Å². The highest BCUT2D eigenvalue weighted by molar-refractivity contribution is 6.12. The third-order valence-electron chi connectivity index (χ3n) is 3.75. The van der Waals surface area contributed by atoms with Gasteiger partial charge in [0, 0.05) is 13.2 Å². The molecule has 1 saturated heterocycles. The van der Waals surface area contributed by atoms with Gasteiger partial charge in [0.05, 0.1) is 5.69 Å². The Balaban J connectivity index is 2.27. The van der Waals surface area contributed by atoms with Gasteiger partial charge < -0.3 is 21.0 Å². The van der Waals surface area contributed by atoms with Crippen molar-refractivity contribution >= 4 is 17.4 Å². The maximum atomic E-state index is 13.8. The number of carbonyl (C=O) groups excluding carboxylic acids is 1. The van der Waals surface area contributed by atoms with Crippen molar-refractivity contribution in [2.45, 2.75) is 19.8 Å². The van der Waals surface area contributed by atoms with E-state index < -0.39 is 17.1 Å². The lowest BCUT2D eigenvalue weighted by atomic mass is 9.78. The maximum Gasteiger partial charge on any atom is 0.238 e. The highest BCUT2D eigenvalue weighted by atomic mass is 19.1. The maximum absolute atomic E-state index is 13.8. The third kappa shape index (κ3) is 2.97. The number of nitrogens with two attached hydrogens (primary N) is 1. The van der Waals surface area contributed by atoms with Crippen molar-refractivity contribution in [3.8, 4) is 0 Å². The average Bonchev–Trinajstić information content (AvgIpc) is 2.49. The Labute approximate surface area is 121 Å². The molecular weight excluding hydrogens is 277 g/mol. The van der Waals surface area contributed by atoms with Gasteiger partial charge >= 0.3 is 0 Å². The number of nitrogens with one attached hydrogen (secondary N) is 1. The second-order valence-corrected chi connectivity index (χ2v) is 5.12. The first-order valence-electron chi connectivity index (χ1n) is 6.63. The molecule has 1 amide bonds. The number of ether oxygens (including phenoxy) is 1. The summed E-state index contributed by atoms with van der Waals surface area (Å²) in [5, 5.41) is 14.4. The van der Waals surface area contributed by atoms with E-state index in [2.05, 4.69) is 10.5 Å². The molecule has 0 bridgehead atoms. The van der Waals surface area contributed by atoms with Crippen LogP contribution in [0.1, 0.15) is 18.4 Å². The lowest BCUT2D eigenvalue weighted by Gasteiger charge is -2.34. The molecule has 2 rings (SSSR count). The number of amidine groups is 1. The molecule has 0 aromatic heterocycles. The second kappa shape index (κ2) is 6.09. The van der Waals surface area contributed by atoms with Crippen LogP contribution in [0.2, 0.25) is 0 Å². The molecule has 21 heavy (non-hydrogen) atoms. The zero-order valence-electron chi connectivity index (χ0n) is 11.7. The summed E-state index contributed by atoms with van der Waals surface area (Å²) in [6.07, 6.45) is 0.560. The summed E-state index contributed by atoms with van der Waals surface area (Å²) < 4.78 is 19.0. The summed E-state index contributed by atoms with van der Waals surface area (Å²) in [5.41, 5.74) is 5.34. The summed E-state index contributed by atoms with van der Waals surface area (Å²) in [5.74, 6) is -1.20. The van der Waals surface area contributed by atoms with E-state index in [0.717, 1.165) is 5.56 Å². The number of aryl methyl sites for hydroxylation is 1. The zero-order valence-corrected chi connectivity index (χ0v) is 11.7. The van der Waals surface area contributed by atoms with Crippen LogP contribution in [0.3, 0.4) is 0 Å². The molecule has 1 aliphatic rings. The molecule has 0 saturated carbocycles. The topological polar surface area (TPSA) is 96.9 Å². The minimum atomic E-state index is -1.18. The quantitative estimate of drug-likeness (QED) is 0.341. The Hall–Kier alpha value is -2.15. The van der Waals surface area contributed by atoms with Gasteiger partial charge in [-0.15, -0.1) is 0 Å². The van der Waals surface area contributed by atoms with Crippen molar-refractivity contribution < 1.29 is 19.1 Å². The summed E-state index contributed by atoms with van der Waals surface area (Å²) in [4.78, 5) is 12.5. The van der Waals surface area contributed by atoms with Crippen LogP contribution in [-0.2, 0) is 9.53 Å². The highest BCUT2D eigenvalue weighted by Gasteiger charge is 2.44. The van der Waals surface area contributed by atoms with Crippen LogP contribution < -0.4 is 11.1 Å². The Kier molecular flexibility index (Phi) is 4.42. The van der Waals surface area contributed by atoms with Gasteiger partial charge in [0.25, 0.3) is 0 Å². The summed E-state index contributed by atoms with van der Waals surface area (Å²) in [7, 11) is 0. The number of hydrogen-bond acceptors (Lipinski definition) is 4. The predicted octanol–water partition coefficient (Wildman–Crippen LogP) is 1.62. The fourth-order valence-corrected chi connectivity index (χ4v) is 2.38. The first kappa shape index (κ1) is 15.2. The van der Waals surface area contributed by atoms with Crippen LogP contribution in [0.4, 0.5) is 10.1 Å². The summed E-state index contributed by atoms with van der Waals surface area (Å²) >= 11 is 0. The minimum Gasteiger partial charge on any atom is -0.409 e. The van der Waals surface area contributed by atoms with E-state index in [1.165, 1.54) is 12.1 Å². The van der Waals surface area contributed by atoms with Gasteiger partial charge in [-0.25, -0.2) is 4.39 Å². The minimum absolute atomic E-state index is 0.0715. The SMILES string of the molecule is Cc1ccc(NC(=O)C2(C(N)=NO)CCOCC2)c(F)c1. The van der Waals surface area contributed by atoms with E-state index >= 15 is 0 Å². The van der Waals surface area contributed by atoms with Gasteiger partial charge in [-0.1, -0.05) is 11.2 Å². The van der Waals surface area contributed by atoms with Crippen molar-refractivity contribution in [1.29, 1.82) is 0 Å². The fraction of sp³-hybridized carbons (Fsp3) is 0.429. The number of benzene rings is 1. The number of oxime groups is 1. The molecule has 0 radical (unpaired) electrons. The van der Waals surface area contributed by atoms with Crippen molar-refractivity contribution in [3.63, 3.8) is 0 Å². The molecule has 1 aromatic carbocycles. The normalized spacial score (nSPS) is 18.3. The lowest BCUT2D eigenvalue weighted by molar-refractivity contribution is -0.126. The van der Waals surface area contributed by atoms with Gasteiger partial charge in [0.15, 0.2) is 5.84 Å². The molecule has 1 fully saturated rings. The molecule has 1 aromatic rings. The number of rotatable bonds is 3. The smallest absolute Gasteiger partial charge is 0.238 e. The van der Waals surface area contributed by atoms with Crippen LogP contribution in [0.5, 0.6) is 0 Å². The molecular formula is C14H18FN3O3. The molecule has 114 valence electrons. The largest absolute Gasteiger partial charge is 0.409 e. The van der Waals surface area contributed by atoms with Crippen LogP contribution in [0, 0.1) is 18.2 Å². The zero-order chi connectivity index (χ0) is 15.5. The van der Waals surface area contributed by atoms with Crippen LogP contribution >= 0.6 is 0 Å². The Morgan fingerprint density at radius 2 is 2.14 bits per heavy atom. The number of anilines is 1. The first-order valence-corrected chi connectivity index (χ1v) is 6.63. The predicted molar refractivity (Wildman–Crippen MR) is 75.7 cm³/mol. The van der Waals surface area contributed by atoms with E-state index in [4.69, 9.17) is 15.7 Å². The molecule has 0 spiro atoms. The van der Waals surface area contributed by atoms with Crippen molar-refractivity contribution in [1.82, 2.24) is 0 Å². The van der Waals surface area contributed by atoms with E-state index in [9.17, 15) is 9.18 Å². The molecule has 7 heteroatoms. The number of carbonyl (C=O) groups is 1. The first-order chi connectivity index (χ1) is 9.99. The molecule has 0 unspecified atom stereocenters. The van der Waals surface area contributed by atoms with Crippen molar-refractivity contribution in [2.75, 3.05) is 18.5 Å². The second-order valence-electron chi connectivity index (χ2n) is 5.12. The number of nitrogens with zero attached hydrogens (tertiary/aromatic N) is 1. The Bertz CT molecular complexity index is 569. The Morgan fingerprint density at radius 1 is 1.48 bits per heavy atom. The number of amides is 1. The molecule has 4 N–H and O–H groups in total. The van der Waals surface area contributed by atoms with E-state index in [1.54, 1.807) is 13.0 Å². The van der Waals surface area contributed by atoms with Crippen molar-refractivity contribution in [2.24, 2.45) is 16.3 Å². The van der Waals surface area contributed by atoms with Gasteiger partial charge in [-0.3, -0.25) is 4.79 Å². The van der Waals surface area contributed by atoms with E-state index in [-0.39, 0.29) is 24.4 Å². The standard InChI is InChI=1S/C14H18FN3O3/c1-9-2-3-11(10(15)8-9)17-13(19)14(12(16)18-20)4-6-21-7-5-14/h2-3,8,20H,4-7H2,1H3,(H2,16,18)(H,17,19). The fourth-order valence-electron chi connectivity index (χ4n) is 2.38. The molecule has 1 aliphatic heterocycles. The molecule has 0 atom stereocenters. The van der Waals surface area contributed by atoms with Crippen molar-refractivity contribution in [3.05, 3.63) is 29.6 Å². The Morgan fingerprint density at radius 3 is 2.71 bits per heavy atom. The molecule has 0 aliphatic carbocycles. The molecule has 1 heterocycles. The average molecular weight is 295 g/mol. The van der Waals surface area contributed by atoms with Gasteiger partial charge in [0.2, 0.25) is 5.91 Å².